The molecule has 0 spiro atoms. The molecule has 2 aromatic rings. The van der Waals surface area contributed by atoms with E-state index in [9.17, 15) is 0 Å². The Bertz CT molecular complexity index is 613. The molecule has 1 aliphatic rings. The lowest BCUT2D eigenvalue weighted by Gasteiger charge is -2.13. The van der Waals surface area contributed by atoms with Gasteiger partial charge in [0.2, 0.25) is 0 Å². The summed E-state index contributed by atoms with van der Waals surface area (Å²) in [5.41, 5.74) is 8.03. The Morgan fingerprint density at radius 2 is 1.90 bits per heavy atom. The van der Waals surface area contributed by atoms with Gasteiger partial charge < -0.3 is 5.73 Å². The summed E-state index contributed by atoms with van der Waals surface area (Å²) in [6.45, 7) is 2.29. The maximum atomic E-state index is 6.06. The largest absolute Gasteiger partial charge is 0.383 e. The third-order valence-corrected chi connectivity index (χ3v) is 4.78. The van der Waals surface area contributed by atoms with Gasteiger partial charge in [0, 0.05) is 11.5 Å². The Morgan fingerprint density at radius 1 is 1.15 bits per heavy atom. The zero-order valence-corrected chi connectivity index (χ0v) is 13.1. The van der Waals surface area contributed by atoms with Crippen LogP contribution in [0.1, 0.15) is 37.9 Å². The Labute approximate surface area is 127 Å². The molecule has 1 fully saturated rings. The molecule has 4 heteroatoms. The summed E-state index contributed by atoms with van der Waals surface area (Å²) >= 11 is 3.52. The highest BCUT2D eigenvalue weighted by molar-refractivity contribution is 9.10. The maximum absolute atomic E-state index is 6.06. The van der Waals surface area contributed by atoms with E-state index in [0.29, 0.717) is 11.7 Å². The average Bonchev–Trinajstić information content (AvgIpc) is 2.89. The Hall–Kier alpha value is -1.42. The van der Waals surface area contributed by atoms with Gasteiger partial charge in [-0.15, -0.1) is 0 Å². The van der Waals surface area contributed by atoms with Gasteiger partial charge in [0.15, 0.2) is 0 Å². The summed E-state index contributed by atoms with van der Waals surface area (Å²) in [5, 5.41) is 0. The van der Waals surface area contributed by atoms with Crippen LogP contribution in [0.5, 0.6) is 0 Å². The van der Waals surface area contributed by atoms with Gasteiger partial charge in [0.1, 0.15) is 11.6 Å². The highest BCUT2D eigenvalue weighted by atomic mass is 79.9. The standard InChI is InChI=1S/C16H18BrN3/c1-10-7-8-12(9-10)16-19-14(13(17)15(18)20-16)11-5-3-2-4-6-11/h2-6,10,12H,7-9H2,1H3,(H2,18,19,20). The van der Waals surface area contributed by atoms with Crippen LogP contribution in [0.4, 0.5) is 5.82 Å². The van der Waals surface area contributed by atoms with Crippen LogP contribution >= 0.6 is 15.9 Å². The molecule has 1 heterocycles. The number of hydrogen-bond acceptors (Lipinski definition) is 3. The van der Waals surface area contributed by atoms with E-state index in [1.165, 1.54) is 6.42 Å². The molecule has 3 nitrogen and oxygen atoms in total. The molecule has 1 aromatic carbocycles. The number of nitrogens with two attached hydrogens (primary N) is 1. The van der Waals surface area contributed by atoms with Gasteiger partial charge in [-0.2, -0.15) is 0 Å². The second-order valence-corrected chi connectivity index (χ2v) is 6.40. The fourth-order valence-corrected chi connectivity index (χ4v) is 3.30. The number of anilines is 1. The van der Waals surface area contributed by atoms with Crippen molar-refractivity contribution in [3.8, 4) is 11.3 Å². The molecule has 0 saturated heterocycles. The summed E-state index contributed by atoms with van der Waals surface area (Å²) in [5.74, 6) is 2.64. The first-order chi connectivity index (χ1) is 9.65. The van der Waals surface area contributed by atoms with Crippen molar-refractivity contribution in [1.29, 1.82) is 0 Å². The molecule has 20 heavy (non-hydrogen) atoms. The minimum absolute atomic E-state index is 0.447. The van der Waals surface area contributed by atoms with Crippen molar-refractivity contribution in [3.63, 3.8) is 0 Å². The Balaban J connectivity index is 2.04. The number of benzene rings is 1. The highest BCUT2D eigenvalue weighted by Crippen LogP contribution is 2.39. The second-order valence-electron chi connectivity index (χ2n) is 5.61. The smallest absolute Gasteiger partial charge is 0.142 e. The summed E-state index contributed by atoms with van der Waals surface area (Å²) in [6.07, 6.45) is 3.58. The van der Waals surface area contributed by atoms with E-state index in [4.69, 9.17) is 10.7 Å². The number of nitrogen functional groups attached to an aromatic ring is 1. The van der Waals surface area contributed by atoms with E-state index in [-0.39, 0.29) is 0 Å². The molecular formula is C16H18BrN3. The number of halogens is 1. The molecule has 0 radical (unpaired) electrons. The maximum Gasteiger partial charge on any atom is 0.142 e. The van der Waals surface area contributed by atoms with Crippen LogP contribution in [0.2, 0.25) is 0 Å². The van der Waals surface area contributed by atoms with Crippen LogP contribution in [0, 0.1) is 5.92 Å². The molecule has 0 bridgehead atoms. The van der Waals surface area contributed by atoms with Crippen molar-refractivity contribution in [1.82, 2.24) is 9.97 Å². The lowest BCUT2D eigenvalue weighted by atomic mass is 10.0. The van der Waals surface area contributed by atoms with E-state index < -0.39 is 0 Å². The van der Waals surface area contributed by atoms with E-state index in [1.54, 1.807) is 0 Å². The SMILES string of the molecule is CC1CCC(c2nc(N)c(Br)c(-c3ccccc3)n2)C1. The minimum atomic E-state index is 0.447. The van der Waals surface area contributed by atoms with Gasteiger partial charge in [0.05, 0.1) is 10.2 Å². The van der Waals surface area contributed by atoms with Crippen molar-refractivity contribution < 1.29 is 0 Å². The monoisotopic (exact) mass is 331 g/mol. The summed E-state index contributed by atoms with van der Waals surface area (Å²) in [4.78, 5) is 9.28. The average molecular weight is 332 g/mol. The van der Waals surface area contributed by atoms with E-state index >= 15 is 0 Å². The van der Waals surface area contributed by atoms with Crippen LogP contribution in [0.3, 0.4) is 0 Å². The molecular weight excluding hydrogens is 314 g/mol. The first kappa shape index (κ1) is 13.6. The van der Waals surface area contributed by atoms with Crippen LogP contribution in [0.25, 0.3) is 11.3 Å². The molecule has 0 aliphatic heterocycles. The normalized spacial score (nSPS) is 22.1. The first-order valence-corrected chi connectivity index (χ1v) is 7.82. The Kier molecular flexibility index (Phi) is 3.74. The zero-order chi connectivity index (χ0) is 14.1. The third-order valence-electron chi connectivity index (χ3n) is 4.00. The van der Waals surface area contributed by atoms with Crippen molar-refractivity contribution in [2.24, 2.45) is 5.92 Å². The number of nitrogens with zero attached hydrogens (tertiary/aromatic N) is 2. The fraction of sp³-hybridized carbons (Fsp3) is 0.375. The highest BCUT2D eigenvalue weighted by Gasteiger charge is 2.26. The molecule has 2 N–H and O–H groups in total. The van der Waals surface area contributed by atoms with Gasteiger partial charge in [-0.25, -0.2) is 9.97 Å². The molecule has 1 aliphatic carbocycles. The molecule has 1 saturated carbocycles. The molecule has 104 valence electrons. The predicted octanol–water partition coefficient (Wildman–Crippen LogP) is 4.39. The lowest BCUT2D eigenvalue weighted by Crippen LogP contribution is -2.06. The first-order valence-electron chi connectivity index (χ1n) is 7.03. The topological polar surface area (TPSA) is 51.8 Å². The van der Waals surface area contributed by atoms with E-state index in [0.717, 1.165) is 40.3 Å². The summed E-state index contributed by atoms with van der Waals surface area (Å²) < 4.78 is 0.790. The van der Waals surface area contributed by atoms with E-state index in [1.807, 2.05) is 30.3 Å². The number of hydrogen-bond donors (Lipinski definition) is 1. The van der Waals surface area contributed by atoms with Crippen LogP contribution < -0.4 is 5.73 Å². The van der Waals surface area contributed by atoms with Crippen LogP contribution in [0.15, 0.2) is 34.8 Å². The van der Waals surface area contributed by atoms with Crippen LogP contribution in [-0.2, 0) is 0 Å². The predicted molar refractivity (Wildman–Crippen MR) is 85.3 cm³/mol. The number of aromatic nitrogens is 2. The fourth-order valence-electron chi connectivity index (χ4n) is 2.89. The van der Waals surface area contributed by atoms with Crippen molar-refractivity contribution >= 4 is 21.7 Å². The van der Waals surface area contributed by atoms with Gasteiger partial charge in [-0.3, -0.25) is 0 Å². The lowest BCUT2D eigenvalue weighted by molar-refractivity contribution is 0.586. The second kappa shape index (κ2) is 5.52. The van der Waals surface area contributed by atoms with Gasteiger partial charge in [0.25, 0.3) is 0 Å². The van der Waals surface area contributed by atoms with Crippen molar-refractivity contribution in [2.75, 3.05) is 5.73 Å². The van der Waals surface area contributed by atoms with E-state index in [2.05, 4.69) is 27.8 Å². The number of rotatable bonds is 2. The van der Waals surface area contributed by atoms with Gasteiger partial charge in [-0.05, 0) is 41.1 Å². The third kappa shape index (κ3) is 2.57. The molecule has 2 atom stereocenters. The van der Waals surface area contributed by atoms with Crippen molar-refractivity contribution in [3.05, 3.63) is 40.6 Å². The minimum Gasteiger partial charge on any atom is -0.383 e. The zero-order valence-electron chi connectivity index (χ0n) is 11.5. The molecule has 3 rings (SSSR count). The van der Waals surface area contributed by atoms with Gasteiger partial charge >= 0.3 is 0 Å². The Morgan fingerprint density at radius 3 is 2.55 bits per heavy atom. The van der Waals surface area contributed by atoms with Gasteiger partial charge in [-0.1, -0.05) is 37.3 Å². The quantitative estimate of drug-likeness (QED) is 0.887. The molecule has 1 aromatic heterocycles. The van der Waals surface area contributed by atoms with Crippen molar-refractivity contribution in [2.45, 2.75) is 32.1 Å². The summed E-state index contributed by atoms with van der Waals surface area (Å²) in [6, 6.07) is 10.1. The molecule has 0 amide bonds. The molecule has 2 unspecified atom stereocenters. The summed E-state index contributed by atoms with van der Waals surface area (Å²) in [7, 11) is 0. The van der Waals surface area contributed by atoms with Crippen LogP contribution in [-0.4, -0.2) is 9.97 Å².